The molecule has 1 fully saturated rings. The van der Waals surface area contributed by atoms with E-state index in [1.165, 1.54) is 38.2 Å². The number of nitrogens with one attached hydrogen (secondary N) is 1. The van der Waals surface area contributed by atoms with Crippen molar-refractivity contribution in [3.63, 3.8) is 0 Å². The largest absolute Gasteiger partial charge is 0.319 e. The van der Waals surface area contributed by atoms with Crippen molar-refractivity contribution >= 4 is 11.8 Å². The van der Waals surface area contributed by atoms with Crippen molar-refractivity contribution in [3.05, 3.63) is 0 Å². The van der Waals surface area contributed by atoms with Gasteiger partial charge in [-0.1, -0.05) is 6.92 Å². The van der Waals surface area contributed by atoms with Crippen LogP contribution in [0.5, 0.6) is 0 Å². The first kappa shape index (κ1) is 12.3. The van der Waals surface area contributed by atoms with Crippen molar-refractivity contribution < 1.29 is 0 Å². The molecule has 0 aromatic carbocycles. The van der Waals surface area contributed by atoms with Gasteiger partial charge in [0, 0.05) is 18.3 Å². The highest BCUT2D eigenvalue weighted by atomic mass is 32.2. The molecule has 1 rings (SSSR count). The Morgan fingerprint density at radius 1 is 1.57 bits per heavy atom. The van der Waals surface area contributed by atoms with Crippen molar-refractivity contribution in [1.82, 2.24) is 10.2 Å². The van der Waals surface area contributed by atoms with Crippen LogP contribution in [0.15, 0.2) is 0 Å². The zero-order valence-corrected chi connectivity index (χ0v) is 10.6. The van der Waals surface area contributed by atoms with Crippen molar-refractivity contribution in [2.24, 2.45) is 5.92 Å². The summed E-state index contributed by atoms with van der Waals surface area (Å²) in [6.07, 6.45) is 4.89. The third-order valence-electron chi connectivity index (χ3n) is 3.16. The van der Waals surface area contributed by atoms with E-state index in [9.17, 15) is 0 Å². The number of likely N-dealkylation sites (tertiary alicyclic amines) is 1. The minimum absolute atomic E-state index is 0.812. The molecule has 0 spiro atoms. The maximum absolute atomic E-state index is 3.29. The van der Waals surface area contributed by atoms with Crippen LogP contribution in [0.1, 0.15) is 19.8 Å². The molecule has 1 N–H and O–H groups in total. The molecule has 1 saturated heterocycles. The molecule has 2 atom stereocenters. The summed E-state index contributed by atoms with van der Waals surface area (Å²) in [5.41, 5.74) is 0. The molecule has 3 heteroatoms. The summed E-state index contributed by atoms with van der Waals surface area (Å²) in [6, 6.07) is 0.812. The maximum Gasteiger partial charge on any atom is 0.0183 e. The van der Waals surface area contributed by atoms with E-state index >= 15 is 0 Å². The van der Waals surface area contributed by atoms with Gasteiger partial charge in [-0.05, 0) is 45.2 Å². The normalized spacial score (nSPS) is 25.5. The zero-order chi connectivity index (χ0) is 10.4. The summed E-state index contributed by atoms with van der Waals surface area (Å²) < 4.78 is 0. The lowest BCUT2D eigenvalue weighted by Gasteiger charge is -2.26. The minimum Gasteiger partial charge on any atom is -0.319 e. The van der Waals surface area contributed by atoms with Crippen molar-refractivity contribution in [2.75, 3.05) is 38.7 Å². The fourth-order valence-corrected chi connectivity index (χ4v) is 3.15. The highest BCUT2D eigenvalue weighted by Gasteiger charge is 2.26. The fourth-order valence-electron chi connectivity index (χ4n) is 2.32. The summed E-state index contributed by atoms with van der Waals surface area (Å²) in [6.45, 7) is 6.11. The second-order valence-corrected chi connectivity index (χ2v) is 5.14. The Balaban J connectivity index is 2.31. The molecule has 0 bridgehead atoms. The lowest BCUT2D eigenvalue weighted by atomic mass is 10.1. The third-order valence-corrected chi connectivity index (χ3v) is 3.87. The average molecular weight is 216 g/mol. The smallest absolute Gasteiger partial charge is 0.0183 e. The van der Waals surface area contributed by atoms with Crippen LogP contribution in [-0.2, 0) is 0 Å². The number of nitrogens with zero attached hydrogens (tertiary/aromatic N) is 1. The van der Waals surface area contributed by atoms with E-state index in [1.807, 2.05) is 11.8 Å². The van der Waals surface area contributed by atoms with E-state index in [-0.39, 0.29) is 0 Å². The van der Waals surface area contributed by atoms with Gasteiger partial charge >= 0.3 is 0 Å². The highest BCUT2D eigenvalue weighted by Crippen LogP contribution is 2.21. The lowest BCUT2D eigenvalue weighted by Crippen LogP contribution is -2.35. The van der Waals surface area contributed by atoms with Crippen LogP contribution in [0.2, 0.25) is 0 Å². The van der Waals surface area contributed by atoms with Crippen LogP contribution < -0.4 is 5.32 Å². The molecule has 84 valence electrons. The molecule has 1 aliphatic rings. The number of thioether (sulfide) groups is 1. The third kappa shape index (κ3) is 3.44. The topological polar surface area (TPSA) is 15.3 Å². The molecule has 0 aromatic rings. The van der Waals surface area contributed by atoms with Crippen LogP contribution in [0, 0.1) is 5.92 Å². The summed E-state index contributed by atoms with van der Waals surface area (Å²) in [5, 5.41) is 3.29. The molecule has 1 aliphatic heterocycles. The average Bonchev–Trinajstić information content (AvgIpc) is 2.63. The fraction of sp³-hybridized carbons (Fsp3) is 1.00. The molecule has 0 radical (unpaired) electrons. The monoisotopic (exact) mass is 216 g/mol. The lowest BCUT2D eigenvalue weighted by molar-refractivity contribution is 0.247. The Bertz CT molecular complexity index is 152. The maximum atomic E-state index is 3.29. The van der Waals surface area contributed by atoms with E-state index < -0.39 is 0 Å². The van der Waals surface area contributed by atoms with Crippen molar-refractivity contribution in [1.29, 1.82) is 0 Å². The zero-order valence-electron chi connectivity index (χ0n) is 9.75. The van der Waals surface area contributed by atoms with Gasteiger partial charge in [-0.25, -0.2) is 0 Å². The van der Waals surface area contributed by atoms with Crippen molar-refractivity contribution in [3.8, 4) is 0 Å². The summed E-state index contributed by atoms with van der Waals surface area (Å²) in [5.74, 6) is 2.18. The molecule has 0 aromatic heterocycles. The second-order valence-electron chi connectivity index (χ2n) is 4.22. The molecule has 0 amide bonds. The van der Waals surface area contributed by atoms with Gasteiger partial charge in [-0.15, -0.1) is 0 Å². The molecule has 0 aliphatic carbocycles. The van der Waals surface area contributed by atoms with Gasteiger partial charge in [0.25, 0.3) is 0 Å². The Hall–Kier alpha value is 0.270. The van der Waals surface area contributed by atoms with Crippen LogP contribution in [0.4, 0.5) is 0 Å². The molecule has 0 saturated carbocycles. The van der Waals surface area contributed by atoms with Gasteiger partial charge in [0.1, 0.15) is 0 Å². The van der Waals surface area contributed by atoms with Crippen LogP contribution >= 0.6 is 11.8 Å². The number of hydrogen-bond acceptors (Lipinski definition) is 3. The second kappa shape index (κ2) is 6.70. The van der Waals surface area contributed by atoms with Gasteiger partial charge in [0.2, 0.25) is 0 Å². The first-order chi connectivity index (χ1) is 6.81. The standard InChI is InChI=1S/C11H24N2S/c1-4-11(9-14-3)13-6-5-10(8-13)7-12-2/h10-12H,4-9H2,1-3H3. The summed E-state index contributed by atoms with van der Waals surface area (Å²) in [7, 11) is 2.06. The van der Waals surface area contributed by atoms with Crippen LogP contribution in [0.25, 0.3) is 0 Å². The molecule has 2 nitrogen and oxygen atoms in total. The molecular weight excluding hydrogens is 192 g/mol. The van der Waals surface area contributed by atoms with E-state index in [0.29, 0.717) is 0 Å². The first-order valence-electron chi connectivity index (χ1n) is 5.69. The predicted molar refractivity (Wildman–Crippen MR) is 66.1 cm³/mol. The SMILES string of the molecule is CCC(CSC)N1CCC(CNC)C1. The van der Waals surface area contributed by atoms with Gasteiger partial charge in [0.05, 0.1) is 0 Å². The van der Waals surface area contributed by atoms with Gasteiger partial charge in [-0.2, -0.15) is 11.8 Å². The number of rotatable bonds is 6. The van der Waals surface area contributed by atoms with E-state index in [1.54, 1.807) is 0 Å². The van der Waals surface area contributed by atoms with Gasteiger partial charge in [-0.3, -0.25) is 4.90 Å². The number of hydrogen-bond donors (Lipinski definition) is 1. The van der Waals surface area contributed by atoms with Gasteiger partial charge in [0.15, 0.2) is 0 Å². The Kier molecular flexibility index (Phi) is 5.90. The Morgan fingerprint density at radius 3 is 2.93 bits per heavy atom. The predicted octanol–water partition coefficient (Wildman–Crippen LogP) is 1.67. The van der Waals surface area contributed by atoms with Crippen LogP contribution in [-0.4, -0.2) is 49.6 Å². The minimum atomic E-state index is 0.812. The summed E-state index contributed by atoms with van der Waals surface area (Å²) in [4.78, 5) is 2.68. The quantitative estimate of drug-likeness (QED) is 0.727. The molecule has 2 unspecified atom stereocenters. The Labute approximate surface area is 92.8 Å². The molecular formula is C11H24N2S. The Morgan fingerprint density at radius 2 is 2.36 bits per heavy atom. The van der Waals surface area contributed by atoms with E-state index in [2.05, 4.69) is 30.4 Å². The first-order valence-corrected chi connectivity index (χ1v) is 7.08. The van der Waals surface area contributed by atoms with E-state index in [0.717, 1.165) is 12.0 Å². The van der Waals surface area contributed by atoms with E-state index in [4.69, 9.17) is 0 Å². The molecule has 14 heavy (non-hydrogen) atoms. The highest BCUT2D eigenvalue weighted by molar-refractivity contribution is 7.98. The van der Waals surface area contributed by atoms with Crippen LogP contribution in [0.3, 0.4) is 0 Å². The van der Waals surface area contributed by atoms with Crippen molar-refractivity contribution in [2.45, 2.75) is 25.8 Å². The molecule has 1 heterocycles. The summed E-state index contributed by atoms with van der Waals surface area (Å²) >= 11 is 1.98. The van der Waals surface area contributed by atoms with Gasteiger partial charge < -0.3 is 5.32 Å².